The second-order valence-corrected chi connectivity index (χ2v) is 6.21. The van der Waals surface area contributed by atoms with E-state index >= 15 is 0 Å². The molecule has 0 aliphatic heterocycles. The Morgan fingerprint density at radius 1 is 1.40 bits per heavy atom. The number of aromatic nitrogens is 4. The van der Waals surface area contributed by atoms with Gasteiger partial charge in [-0.2, -0.15) is 0 Å². The number of rotatable bonds is 3. The standard InChI is InChI=1S/C14H20ClN5/c1-10-3-5-14(9-15,6-4-10)17-12-13-19-18-11(2)20(13)8-7-16-12/h7-8,10H,3-6,9H2,1-2H3,(H,16,17). The smallest absolute Gasteiger partial charge is 0.203 e. The minimum Gasteiger partial charge on any atom is -0.360 e. The third-order valence-corrected chi connectivity index (χ3v) is 4.88. The van der Waals surface area contributed by atoms with Crippen LogP contribution in [0.3, 0.4) is 0 Å². The highest BCUT2D eigenvalue weighted by atomic mass is 35.5. The van der Waals surface area contributed by atoms with Crippen LogP contribution in [0.1, 0.15) is 38.4 Å². The number of hydrogen-bond acceptors (Lipinski definition) is 4. The molecule has 1 aliphatic carbocycles. The summed E-state index contributed by atoms with van der Waals surface area (Å²) in [7, 11) is 0. The molecule has 1 saturated carbocycles. The maximum absolute atomic E-state index is 6.26. The van der Waals surface area contributed by atoms with E-state index in [-0.39, 0.29) is 5.54 Å². The summed E-state index contributed by atoms with van der Waals surface area (Å²) in [6.45, 7) is 4.24. The average molecular weight is 294 g/mol. The van der Waals surface area contributed by atoms with Crippen molar-refractivity contribution in [3.05, 3.63) is 18.2 Å². The molecule has 0 aromatic carbocycles. The summed E-state index contributed by atoms with van der Waals surface area (Å²) in [5, 5.41) is 11.9. The molecule has 20 heavy (non-hydrogen) atoms. The number of nitrogens with one attached hydrogen (secondary N) is 1. The molecule has 2 aromatic heterocycles. The average Bonchev–Trinajstić information content (AvgIpc) is 2.85. The number of halogens is 1. The third-order valence-electron chi connectivity index (χ3n) is 4.37. The number of hydrogen-bond donors (Lipinski definition) is 1. The first-order valence-corrected chi connectivity index (χ1v) is 7.67. The van der Waals surface area contributed by atoms with E-state index in [0.29, 0.717) is 5.88 Å². The van der Waals surface area contributed by atoms with Gasteiger partial charge in [0.15, 0.2) is 5.82 Å². The molecule has 0 saturated heterocycles. The Morgan fingerprint density at radius 2 is 2.15 bits per heavy atom. The molecule has 0 unspecified atom stereocenters. The summed E-state index contributed by atoms with van der Waals surface area (Å²) in [5.41, 5.74) is 0.705. The fraction of sp³-hybridized carbons (Fsp3) is 0.643. The number of fused-ring (bicyclic) bond motifs is 1. The van der Waals surface area contributed by atoms with Gasteiger partial charge in [-0.3, -0.25) is 4.40 Å². The Hall–Kier alpha value is -1.36. The number of alkyl halides is 1. The van der Waals surface area contributed by atoms with Crippen molar-refractivity contribution in [2.75, 3.05) is 11.2 Å². The summed E-state index contributed by atoms with van der Waals surface area (Å²) in [6.07, 6.45) is 8.22. The molecule has 6 heteroatoms. The summed E-state index contributed by atoms with van der Waals surface area (Å²) in [5.74, 6) is 3.02. The first-order chi connectivity index (χ1) is 9.63. The fourth-order valence-corrected chi connectivity index (χ4v) is 3.22. The normalized spacial score (nSPS) is 26.9. The molecule has 1 N–H and O–H groups in total. The molecule has 2 heterocycles. The molecule has 1 aliphatic rings. The van der Waals surface area contributed by atoms with Crippen LogP contribution in [0.5, 0.6) is 0 Å². The molecule has 0 spiro atoms. The zero-order valence-electron chi connectivity index (χ0n) is 11.9. The van der Waals surface area contributed by atoms with Gasteiger partial charge < -0.3 is 5.32 Å². The second kappa shape index (κ2) is 5.20. The zero-order valence-corrected chi connectivity index (χ0v) is 12.7. The molecule has 3 rings (SSSR count). The predicted molar refractivity (Wildman–Crippen MR) is 80.2 cm³/mol. The van der Waals surface area contributed by atoms with E-state index in [0.717, 1.165) is 36.0 Å². The van der Waals surface area contributed by atoms with E-state index in [1.165, 1.54) is 12.8 Å². The second-order valence-electron chi connectivity index (χ2n) is 5.94. The Bertz CT molecular complexity index is 601. The minimum atomic E-state index is -0.0667. The van der Waals surface area contributed by atoms with Crippen LogP contribution in [0.4, 0.5) is 5.82 Å². The van der Waals surface area contributed by atoms with Crippen molar-refractivity contribution < 1.29 is 0 Å². The van der Waals surface area contributed by atoms with E-state index in [2.05, 4.69) is 27.4 Å². The van der Waals surface area contributed by atoms with Crippen molar-refractivity contribution >= 4 is 23.1 Å². The first-order valence-electron chi connectivity index (χ1n) is 7.14. The Morgan fingerprint density at radius 3 is 2.85 bits per heavy atom. The van der Waals surface area contributed by atoms with Gasteiger partial charge >= 0.3 is 0 Å². The molecule has 0 radical (unpaired) electrons. The minimum absolute atomic E-state index is 0.0667. The molecular formula is C14H20ClN5. The lowest BCUT2D eigenvalue weighted by molar-refractivity contribution is 0.286. The maximum atomic E-state index is 6.26. The molecule has 108 valence electrons. The Balaban J connectivity index is 1.91. The van der Waals surface area contributed by atoms with Gasteiger partial charge in [0.2, 0.25) is 5.65 Å². The number of nitrogens with zero attached hydrogens (tertiary/aromatic N) is 4. The number of aryl methyl sites for hydroxylation is 1. The molecular weight excluding hydrogens is 274 g/mol. The lowest BCUT2D eigenvalue weighted by atomic mass is 9.78. The Kier molecular flexibility index (Phi) is 3.54. The van der Waals surface area contributed by atoms with Crippen LogP contribution in [0, 0.1) is 12.8 Å². The highest BCUT2D eigenvalue weighted by Crippen LogP contribution is 2.35. The van der Waals surface area contributed by atoms with Gasteiger partial charge in [-0.05, 0) is 38.5 Å². The summed E-state index contributed by atoms with van der Waals surface area (Å²) in [4.78, 5) is 4.43. The van der Waals surface area contributed by atoms with Crippen LogP contribution in [0.15, 0.2) is 12.4 Å². The SMILES string of the molecule is Cc1nnc2c(NC3(CCl)CCC(C)CC3)nccn12. The van der Waals surface area contributed by atoms with Crippen molar-refractivity contribution in [1.82, 2.24) is 19.6 Å². The number of anilines is 1. The van der Waals surface area contributed by atoms with Gasteiger partial charge in [-0.1, -0.05) is 6.92 Å². The van der Waals surface area contributed by atoms with Gasteiger partial charge in [0.05, 0.1) is 5.54 Å². The molecule has 2 aromatic rings. The zero-order chi connectivity index (χ0) is 14.2. The van der Waals surface area contributed by atoms with Crippen LogP contribution >= 0.6 is 11.6 Å². The molecule has 0 atom stereocenters. The maximum Gasteiger partial charge on any atom is 0.203 e. The van der Waals surface area contributed by atoms with Gasteiger partial charge in [-0.25, -0.2) is 4.98 Å². The van der Waals surface area contributed by atoms with E-state index in [1.807, 2.05) is 17.5 Å². The van der Waals surface area contributed by atoms with Crippen LogP contribution in [0.2, 0.25) is 0 Å². The lowest BCUT2D eigenvalue weighted by Gasteiger charge is -2.39. The quantitative estimate of drug-likeness (QED) is 0.884. The first kappa shape index (κ1) is 13.6. The largest absolute Gasteiger partial charge is 0.360 e. The van der Waals surface area contributed by atoms with Crippen LogP contribution in [0.25, 0.3) is 5.65 Å². The summed E-state index contributed by atoms with van der Waals surface area (Å²) in [6, 6.07) is 0. The van der Waals surface area contributed by atoms with Gasteiger partial charge in [-0.15, -0.1) is 21.8 Å². The summed E-state index contributed by atoms with van der Waals surface area (Å²) < 4.78 is 1.95. The van der Waals surface area contributed by atoms with Crippen molar-refractivity contribution in [1.29, 1.82) is 0 Å². The monoisotopic (exact) mass is 293 g/mol. The predicted octanol–water partition coefficient (Wildman–Crippen LogP) is 3.03. The summed E-state index contributed by atoms with van der Waals surface area (Å²) >= 11 is 6.26. The van der Waals surface area contributed by atoms with Gasteiger partial charge in [0.25, 0.3) is 0 Å². The van der Waals surface area contributed by atoms with E-state index < -0.39 is 0 Å². The van der Waals surface area contributed by atoms with E-state index in [4.69, 9.17) is 11.6 Å². The topological polar surface area (TPSA) is 55.1 Å². The highest BCUT2D eigenvalue weighted by molar-refractivity contribution is 6.18. The fourth-order valence-electron chi connectivity index (χ4n) is 2.89. The van der Waals surface area contributed by atoms with E-state index in [9.17, 15) is 0 Å². The molecule has 0 amide bonds. The Labute approximate surface area is 123 Å². The highest BCUT2D eigenvalue weighted by Gasteiger charge is 2.34. The third kappa shape index (κ3) is 2.35. The van der Waals surface area contributed by atoms with Crippen LogP contribution < -0.4 is 5.32 Å². The molecule has 1 fully saturated rings. The van der Waals surface area contributed by atoms with Crippen molar-refractivity contribution in [3.8, 4) is 0 Å². The van der Waals surface area contributed by atoms with Crippen molar-refractivity contribution in [3.63, 3.8) is 0 Å². The van der Waals surface area contributed by atoms with Crippen molar-refractivity contribution in [2.45, 2.75) is 45.1 Å². The van der Waals surface area contributed by atoms with Crippen LogP contribution in [-0.2, 0) is 0 Å². The van der Waals surface area contributed by atoms with Crippen LogP contribution in [-0.4, -0.2) is 31.0 Å². The van der Waals surface area contributed by atoms with Gasteiger partial charge in [0.1, 0.15) is 5.82 Å². The molecule has 5 nitrogen and oxygen atoms in total. The van der Waals surface area contributed by atoms with E-state index in [1.54, 1.807) is 6.20 Å². The molecule has 0 bridgehead atoms. The lowest BCUT2D eigenvalue weighted by Crippen LogP contribution is -2.43. The van der Waals surface area contributed by atoms with Crippen molar-refractivity contribution in [2.24, 2.45) is 5.92 Å². The van der Waals surface area contributed by atoms with Gasteiger partial charge in [0, 0.05) is 18.3 Å².